The maximum absolute atomic E-state index is 11.1. The van der Waals surface area contributed by atoms with Gasteiger partial charge in [-0.15, -0.1) is 0 Å². The molecule has 0 aromatic heterocycles. The third-order valence-electron chi connectivity index (χ3n) is 3.37. The summed E-state index contributed by atoms with van der Waals surface area (Å²) >= 11 is 0. The van der Waals surface area contributed by atoms with Gasteiger partial charge in [0, 0.05) is 22.9 Å². The molecular formula is C11H19NO3. The zero-order valence-corrected chi connectivity index (χ0v) is 9.35. The van der Waals surface area contributed by atoms with Gasteiger partial charge in [0.1, 0.15) is 0 Å². The number of hydrogen-bond donors (Lipinski definition) is 1. The third-order valence-corrected chi connectivity index (χ3v) is 3.37. The highest BCUT2D eigenvalue weighted by Gasteiger charge is 2.46. The summed E-state index contributed by atoms with van der Waals surface area (Å²) in [5.41, 5.74) is -0.305. The van der Waals surface area contributed by atoms with Crippen molar-refractivity contribution in [1.82, 2.24) is 0 Å². The monoisotopic (exact) mass is 213 g/mol. The number of allylic oxidation sites excluding steroid dienone is 1. The van der Waals surface area contributed by atoms with Gasteiger partial charge in [-0.1, -0.05) is 26.0 Å². The van der Waals surface area contributed by atoms with Crippen LogP contribution in [-0.4, -0.2) is 22.7 Å². The lowest BCUT2D eigenvalue weighted by molar-refractivity contribution is -0.550. The molecule has 0 bridgehead atoms. The highest BCUT2D eigenvalue weighted by molar-refractivity contribution is 5.04. The molecule has 3 atom stereocenters. The van der Waals surface area contributed by atoms with E-state index in [2.05, 4.69) is 0 Å². The Bertz CT molecular complexity index is 265. The normalized spacial score (nSPS) is 35.4. The number of nitro groups is 1. The first-order valence-electron chi connectivity index (χ1n) is 5.42. The highest BCUT2D eigenvalue weighted by Crippen LogP contribution is 2.40. The Labute approximate surface area is 90.1 Å². The van der Waals surface area contributed by atoms with Gasteiger partial charge in [-0.3, -0.25) is 10.1 Å². The van der Waals surface area contributed by atoms with E-state index < -0.39 is 6.04 Å². The molecule has 1 aliphatic carbocycles. The second-order valence-corrected chi connectivity index (χ2v) is 4.70. The van der Waals surface area contributed by atoms with E-state index >= 15 is 0 Å². The molecule has 86 valence electrons. The van der Waals surface area contributed by atoms with Crippen molar-refractivity contribution in [2.24, 2.45) is 11.3 Å². The van der Waals surface area contributed by atoms with Crippen LogP contribution in [0.25, 0.3) is 0 Å². The molecule has 0 aromatic rings. The van der Waals surface area contributed by atoms with Gasteiger partial charge in [0.25, 0.3) is 0 Å². The summed E-state index contributed by atoms with van der Waals surface area (Å²) in [4.78, 5) is 10.9. The first-order valence-corrected chi connectivity index (χ1v) is 5.42. The standard InChI is InChI=1S/C11H19NO3/c1-9-5-3-6-11(2,7-4-8-13)10(9)12(14)15/h3,5,9-10,13H,4,6-8H2,1-2H3/t9-,10-,11+/m1/s1. The molecule has 0 saturated heterocycles. The molecule has 0 unspecified atom stereocenters. The van der Waals surface area contributed by atoms with Crippen molar-refractivity contribution in [1.29, 1.82) is 0 Å². The van der Waals surface area contributed by atoms with Crippen LogP contribution in [0.15, 0.2) is 12.2 Å². The van der Waals surface area contributed by atoms with Crippen LogP contribution in [0.3, 0.4) is 0 Å². The van der Waals surface area contributed by atoms with Gasteiger partial charge in [0.05, 0.1) is 0 Å². The van der Waals surface area contributed by atoms with Gasteiger partial charge in [-0.25, -0.2) is 0 Å². The van der Waals surface area contributed by atoms with Crippen molar-refractivity contribution in [3.05, 3.63) is 22.3 Å². The Hall–Kier alpha value is -0.900. The van der Waals surface area contributed by atoms with Crippen LogP contribution < -0.4 is 0 Å². The van der Waals surface area contributed by atoms with E-state index in [1.54, 1.807) is 0 Å². The summed E-state index contributed by atoms with van der Waals surface area (Å²) in [6.07, 6.45) is 6.05. The van der Waals surface area contributed by atoms with Gasteiger partial charge >= 0.3 is 0 Å². The second kappa shape index (κ2) is 4.75. The fourth-order valence-electron chi connectivity index (χ4n) is 2.59. The predicted molar refractivity (Wildman–Crippen MR) is 58.1 cm³/mol. The van der Waals surface area contributed by atoms with E-state index in [1.807, 2.05) is 26.0 Å². The average Bonchev–Trinajstić information content (AvgIpc) is 2.14. The lowest BCUT2D eigenvalue weighted by Crippen LogP contribution is -2.44. The average molecular weight is 213 g/mol. The lowest BCUT2D eigenvalue weighted by atomic mass is 9.68. The van der Waals surface area contributed by atoms with Crippen molar-refractivity contribution in [3.63, 3.8) is 0 Å². The summed E-state index contributed by atoms with van der Waals surface area (Å²) in [5, 5.41) is 19.9. The smallest absolute Gasteiger partial charge is 0.224 e. The molecule has 1 rings (SSSR count). The molecule has 0 saturated carbocycles. The van der Waals surface area contributed by atoms with Crippen LogP contribution in [0, 0.1) is 21.4 Å². The molecule has 0 aromatic carbocycles. The van der Waals surface area contributed by atoms with Crippen molar-refractivity contribution >= 4 is 0 Å². The Morgan fingerprint density at radius 1 is 1.67 bits per heavy atom. The zero-order valence-electron chi connectivity index (χ0n) is 9.35. The van der Waals surface area contributed by atoms with E-state index in [9.17, 15) is 10.1 Å². The van der Waals surface area contributed by atoms with Gasteiger partial charge in [-0.2, -0.15) is 0 Å². The van der Waals surface area contributed by atoms with Crippen LogP contribution in [0.2, 0.25) is 0 Å². The molecule has 4 nitrogen and oxygen atoms in total. The van der Waals surface area contributed by atoms with E-state index in [0.29, 0.717) is 12.8 Å². The Morgan fingerprint density at radius 2 is 2.33 bits per heavy atom. The van der Waals surface area contributed by atoms with Crippen molar-refractivity contribution in [2.75, 3.05) is 6.61 Å². The molecule has 15 heavy (non-hydrogen) atoms. The summed E-state index contributed by atoms with van der Waals surface area (Å²) < 4.78 is 0. The number of aliphatic hydroxyl groups excluding tert-OH is 1. The molecule has 4 heteroatoms. The van der Waals surface area contributed by atoms with E-state index in [1.165, 1.54) is 0 Å². The molecular weight excluding hydrogens is 194 g/mol. The number of nitrogens with zero attached hydrogens (tertiary/aromatic N) is 1. The van der Waals surface area contributed by atoms with Crippen molar-refractivity contribution < 1.29 is 10.0 Å². The maximum Gasteiger partial charge on any atom is 0.224 e. The molecule has 0 spiro atoms. The zero-order chi connectivity index (χ0) is 11.5. The van der Waals surface area contributed by atoms with Crippen LogP contribution in [0.5, 0.6) is 0 Å². The second-order valence-electron chi connectivity index (χ2n) is 4.70. The fraction of sp³-hybridized carbons (Fsp3) is 0.818. The molecule has 0 heterocycles. The topological polar surface area (TPSA) is 63.4 Å². The number of hydrogen-bond acceptors (Lipinski definition) is 3. The summed E-state index contributed by atoms with van der Waals surface area (Å²) in [6, 6.07) is -0.519. The van der Waals surface area contributed by atoms with Crippen LogP contribution in [-0.2, 0) is 0 Å². The van der Waals surface area contributed by atoms with Gasteiger partial charge in [0.2, 0.25) is 6.04 Å². The van der Waals surface area contributed by atoms with E-state index in [0.717, 1.165) is 6.42 Å². The summed E-state index contributed by atoms with van der Waals surface area (Å²) in [6.45, 7) is 3.95. The maximum atomic E-state index is 11.1. The molecule has 0 fully saturated rings. The van der Waals surface area contributed by atoms with Crippen LogP contribution in [0.1, 0.15) is 33.1 Å². The number of rotatable bonds is 4. The van der Waals surface area contributed by atoms with Crippen LogP contribution >= 0.6 is 0 Å². The molecule has 1 aliphatic rings. The van der Waals surface area contributed by atoms with Gasteiger partial charge in [-0.05, 0) is 19.3 Å². The highest BCUT2D eigenvalue weighted by atomic mass is 16.6. The fourth-order valence-corrected chi connectivity index (χ4v) is 2.59. The first kappa shape index (κ1) is 12.2. The Balaban J connectivity index is 2.84. The van der Waals surface area contributed by atoms with Crippen molar-refractivity contribution in [2.45, 2.75) is 39.2 Å². The molecule has 0 aliphatic heterocycles. The minimum Gasteiger partial charge on any atom is -0.396 e. The minimum absolute atomic E-state index is 0.0163. The SMILES string of the molecule is C[C@@H]1C=CC[C@@](C)(CCCO)[C@@H]1[N+](=O)[O-]. The van der Waals surface area contributed by atoms with Crippen LogP contribution in [0.4, 0.5) is 0 Å². The van der Waals surface area contributed by atoms with E-state index in [-0.39, 0.29) is 22.9 Å². The third kappa shape index (κ3) is 2.56. The van der Waals surface area contributed by atoms with Crippen molar-refractivity contribution in [3.8, 4) is 0 Å². The largest absolute Gasteiger partial charge is 0.396 e. The molecule has 0 amide bonds. The molecule has 1 N–H and O–H groups in total. The van der Waals surface area contributed by atoms with Gasteiger partial charge in [0.15, 0.2) is 0 Å². The quantitative estimate of drug-likeness (QED) is 0.441. The first-order chi connectivity index (χ1) is 7.01. The summed E-state index contributed by atoms with van der Waals surface area (Å²) in [5.74, 6) is -0.0163. The lowest BCUT2D eigenvalue weighted by Gasteiger charge is -2.36. The Morgan fingerprint density at radius 3 is 2.87 bits per heavy atom. The van der Waals surface area contributed by atoms with E-state index in [4.69, 9.17) is 5.11 Å². The Kier molecular flexibility index (Phi) is 3.85. The number of aliphatic hydroxyl groups is 1. The summed E-state index contributed by atoms with van der Waals surface area (Å²) in [7, 11) is 0. The molecule has 0 radical (unpaired) electrons. The minimum atomic E-state index is -0.519. The predicted octanol–water partition coefficient (Wildman–Crippen LogP) is 2.01. The van der Waals surface area contributed by atoms with Gasteiger partial charge < -0.3 is 5.11 Å².